The second-order valence-electron chi connectivity index (χ2n) is 9.77. The number of ether oxygens (including phenoxy) is 2. The molecule has 0 aliphatic carbocycles. The van der Waals surface area contributed by atoms with Crippen LogP contribution in [0.5, 0.6) is 5.75 Å². The molecule has 8 heteroatoms. The maximum atomic E-state index is 13.4. The van der Waals surface area contributed by atoms with Crippen molar-refractivity contribution in [3.05, 3.63) is 88.5 Å². The summed E-state index contributed by atoms with van der Waals surface area (Å²) >= 11 is 3.39. The van der Waals surface area contributed by atoms with Gasteiger partial charge in [-0.1, -0.05) is 49.4 Å². The first-order chi connectivity index (χ1) is 19.4. The number of rotatable bonds is 14. The first-order valence-electron chi connectivity index (χ1n) is 13.6. The minimum absolute atomic E-state index is 0.0999. The summed E-state index contributed by atoms with van der Waals surface area (Å²) in [7, 11) is 0. The van der Waals surface area contributed by atoms with Crippen molar-refractivity contribution in [3.63, 3.8) is 0 Å². The largest absolute Gasteiger partial charge is 0.493 e. The van der Waals surface area contributed by atoms with Crippen LogP contribution in [0.4, 0.5) is 0 Å². The standard InChI is InChI=1S/C32H37NO5S2/c1-4-40-20-30(24-11-10-23-13-15-37-29(23)18-24)38-19-22-9-12-26(27(17-22)25-8-6-5-7-21(25)2)31(34)33-28(32(35)36)14-16-39-3/h5-12,17-18,28,30H,4,13-16,19-20H2,1-3H3,(H,33,34)(H,35,36)/t28-,30-/m0/s1. The maximum absolute atomic E-state index is 13.4. The highest BCUT2D eigenvalue weighted by Crippen LogP contribution is 2.33. The monoisotopic (exact) mass is 579 g/mol. The Bertz CT molecular complexity index is 1330. The van der Waals surface area contributed by atoms with Crippen molar-refractivity contribution in [1.82, 2.24) is 5.32 Å². The number of carboxylic acid groups (broad SMARTS) is 1. The fourth-order valence-electron chi connectivity index (χ4n) is 4.75. The molecule has 212 valence electrons. The molecule has 0 saturated heterocycles. The lowest BCUT2D eigenvalue weighted by molar-refractivity contribution is -0.139. The van der Waals surface area contributed by atoms with Crippen LogP contribution < -0.4 is 10.1 Å². The van der Waals surface area contributed by atoms with Crippen molar-refractivity contribution in [2.24, 2.45) is 0 Å². The smallest absolute Gasteiger partial charge is 0.326 e. The number of aliphatic carboxylic acids is 1. The summed E-state index contributed by atoms with van der Waals surface area (Å²) in [6, 6.07) is 19.0. The highest BCUT2D eigenvalue weighted by atomic mass is 32.2. The van der Waals surface area contributed by atoms with Gasteiger partial charge in [0.05, 0.1) is 19.3 Å². The summed E-state index contributed by atoms with van der Waals surface area (Å²) in [5, 5.41) is 12.4. The lowest BCUT2D eigenvalue weighted by atomic mass is 9.93. The molecule has 3 aromatic carbocycles. The molecular weight excluding hydrogens is 542 g/mol. The van der Waals surface area contributed by atoms with E-state index in [9.17, 15) is 14.7 Å². The van der Waals surface area contributed by atoms with E-state index in [1.807, 2.05) is 61.3 Å². The molecule has 0 aromatic heterocycles. The van der Waals surface area contributed by atoms with Gasteiger partial charge < -0.3 is 19.9 Å². The van der Waals surface area contributed by atoms with Crippen LogP contribution in [-0.4, -0.2) is 53.1 Å². The number of thioether (sulfide) groups is 2. The summed E-state index contributed by atoms with van der Waals surface area (Å²) in [5.74, 6) is 1.99. The molecule has 3 aromatic rings. The summed E-state index contributed by atoms with van der Waals surface area (Å²) in [6.45, 7) is 5.24. The van der Waals surface area contributed by atoms with Gasteiger partial charge in [0.2, 0.25) is 0 Å². The van der Waals surface area contributed by atoms with Crippen molar-refractivity contribution in [3.8, 4) is 16.9 Å². The lowest BCUT2D eigenvalue weighted by Crippen LogP contribution is -2.41. The molecule has 0 spiro atoms. The summed E-state index contributed by atoms with van der Waals surface area (Å²) in [5.41, 5.74) is 6.44. The van der Waals surface area contributed by atoms with E-state index in [-0.39, 0.29) is 6.10 Å². The molecule has 0 unspecified atom stereocenters. The quantitative estimate of drug-likeness (QED) is 0.224. The number of carboxylic acids is 1. The Labute approximate surface area is 245 Å². The normalized spacial score (nSPS) is 13.8. The number of carbonyl (C=O) groups excluding carboxylic acids is 1. The van der Waals surface area contributed by atoms with E-state index < -0.39 is 17.9 Å². The Morgan fingerprint density at radius 3 is 2.67 bits per heavy atom. The van der Waals surface area contributed by atoms with Crippen molar-refractivity contribution >= 4 is 35.4 Å². The Kier molecular flexibility index (Phi) is 11.0. The topological polar surface area (TPSA) is 84.9 Å². The second kappa shape index (κ2) is 14.6. The van der Waals surface area contributed by atoms with Crippen molar-refractivity contribution in [2.75, 3.05) is 30.1 Å². The van der Waals surface area contributed by atoms with Gasteiger partial charge in [-0.3, -0.25) is 4.79 Å². The van der Waals surface area contributed by atoms with Gasteiger partial charge in [-0.25, -0.2) is 4.79 Å². The van der Waals surface area contributed by atoms with Crippen molar-refractivity contribution < 1.29 is 24.2 Å². The third-order valence-corrected chi connectivity index (χ3v) is 8.59. The molecule has 40 heavy (non-hydrogen) atoms. The summed E-state index contributed by atoms with van der Waals surface area (Å²) in [6.07, 6.45) is 3.12. The zero-order valence-electron chi connectivity index (χ0n) is 23.3. The fraction of sp³-hybridized carbons (Fsp3) is 0.375. The first-order valence-corrected chi connectivity index (χ1v) is 16.1. The number of fused-ring (bicyclic) bond motifs is 1. The minimum Gasteiger partial charge on any atom is -0.493 e. The highest BCUT2D eigenvalue weighted by molar-refractivity contribution is 7.99. The number of nitrogens with one attached hydrogen (secondary N) is 1. The minimum atomic E-state index is -1.03. The van der Waals surface area contributed by atoms with Crippen LogP contribution in [0.15, 0.2) is 60.7 Å². The third-order valence-electron chi connectivity index (χ3n) is 6.99. The van der Waals surface area contributed by atoms with Gasteiger partial charge in [-0.15, -0.1) is 0 Å². The molecule has 1 amide bonds. The number of hydrogen-bond donors (Lipinski definition) is 2. The average molecular weight is 580 g/mol. The number of carbonyl (C=O) groups is 2. The van der Waals surface area contributed by atoms with Crippen LogP contribution in [0.2, 0.25) is 0 Å². The fourth-order valence-corrected chi connectivity index (χ4v) is 5.96. The van der Waals surface area contributed by atoms with Crippen LogP contribution in [-0.2, 0) is 22.6 Å². The Morgan fingerprint density at radius 2 is 1.93 bits per heavy atom. The predicted octanol–water partition coefficient (Wildman–Crippen LogP) is 6.54. The molecule has 4 rings (SSSR count). The lowest BCUT2D eigenvalue weighted by Gasteiger charge is -2.20. The second-order valence-corrected chi connectivity index (χ2v) is 12.1. The average Bonchev–Trinajstić information content (AvgIpc) is 3.43. The molecule has 1 aliphatic heterocycles. The third kappa shape index (κ3) is 7.62. The van der Waals surface area contributed by atoms with E-state index >= 15 is 0 Å². The molecule has 2 N–H and O–H groups in total. The zero-order valence-corrected chi connectivity index (χ0v) is 24.9. The molecule has 0 saturated carbocycles. The first kappa shape index (κ1) is 30.0. The predicted molar refractivity (Wildman–Crippen MR) is 165 cm³/mol. The van der Waals surface area contributed by atoms with E-state index in [1.165, 1.54) is 5.56 Å². The molecule has 2 atom stereocenters. The van der Waals surface area contributed by atoms with Crippen LogP contribution in [0.1, 0.15) is 52.1 Å². The Morgan fingerprint density at radius 1 is 1.10 bits per heavy atom. The van der Waals surface area contributed by atoms with E-state index in [4.69, 9.17) is 9.47 Å². The van der Waals surface area contributed by atoms with Crippen LogP contribution >= 0.6 is 23.5 Å². The van der Waals surface area contributed by atoms with Crippen molar-refractivity contribution in [2.45, 2.75) is 45.4 Å². The molecule has 0 fully saturated rings. The highest BCUT2D eigenvalue weighted by Gasteiger charge is 2.23. The van der Waals surface area contributed by atoms with E-state index in [0.717, 1.165) is 58.1 Å². The molecule has 1 aliphatic rings. The summed E-state index contributed by atoms with van der Waals surface area (Å²) in [4.78, 5) is 25.2. The van der Waals surface area contributed by atoms with Gasteiger partial charge in [0.25, 0.3) is 5.91 Å². The van der Waals surface area contributed by atoms with E-state index in [1.54, 1.807) is 17.8 Å². The maximum Gasteiger partial charge on any atom is 0.326 e. The van der Waals surface area contributed by atoms with E-state index in [2.05, 4.69) is 30.4 Å². The number of aryl methyl sites for hydroxylation is 1. The Balaban J connectivity index is 1.60. The Hall–Kier alpha value is -2.94. The van der Waals surface area contributed by atoms with Gasteiger partial charge in [0.15, 0.2) is 0 Å². The van der Waals surface area contributed by atoms with Crippen LogP contribution in [0.3, 0.4) is 0 Å². The van der Waals surface area contributed by atoms with Crippen LogP contribution in [0, 0.1) is 6.92 Å². The van der Waals surface area contributed by atoms with Gasteiger partial charge in [-0.2, -0.15) is 23.5 Å². The van der Waals surface area contributed by atoms with Crippen LogP contribution in [0.25, 0.3) is 11.1 Å². The number of hydrogen-bond acceptors (Lipinski definition) is 6. The van der Waals surface area contributed by atoms with E-state index in [0.29, 0.717) is 24.3 Å². The molecule has 0 bridgehead atoms. The SMILES string of the molecule is CCSC[C@H](OCc1ccc(C(=O)N[C@@H](CCSC)C(=O)O)c(-c2ccccc2C)c1)c1ccc2c(c1)OCC2. The van der Waals surface area contributed by atoms with Crippen molar-refractivity contribution in [1.29, 1.82) is 0 Å². The van der Waals surface area contributed by atoms with Gasteiger partial charge in [-0.05, 0) is 82.7 Å². The molecule has 6 nitrogen and oxygen atoms in total. The number of amides is 1. The zero-order chi connectivity index (χ0) is 28.5. The molecule has 0 radical (unpaired) electrons. The van der Waals surface area contributed by atoms with Gasteiger partial charge >= 0.3 is 5.97 Å². The van der Waals surface area contributed by atoms with Gasteiger partial charge in [0.1, 0.15) is 11.8 Å². The summed E-state index contributed by atoms with van der Waals surface area (Å²) < 4.78 is 12.3. The molecule has 1 heterocycles. The molecular formula is C32H37NO5S2. The number of benzene rings is 3. The van der Waals surface area contributed by atoms with Gasteiger partial charge in [0, 0.05) is 17.7 Å².